The molecule has 5 atom stereocenters. The lowest BCUT2D eigenvalue weighted by molar-refractivity contribution is -0.169. The zero-order valence-electron chi connectivity index (χ0n) is 12.2. The van der Waals surface area contributed by atoms with E-state index in [1.54, 1.807) is 0 Å². The molecule has 19 heavy (non-hydrogen) atoms. The Morgan fingerprint density at radius 2 is 1.89 bits per heavy atom. The lowest BCUT2D eigenvalue weighted by Crippen LogP contribution is -2.54. The van der Waals surface area contributed by atoms with Gasteiger partial charge >= 0.3 is 5.97 Å². The van der Waals surface area contributed by atoms with Crippen LogP contribution >= 0.6 is 0 Å². The van der Waals surface area contributed by atoms with Crippen molar-refractivity contribution in [3.05, 3.63) is 0 Å². The Morgan fingerprint density at radius 3 is 2.63 bits per heavy atom. The van der Waals surface area contributed by atoms with Crippen LogP contribution in [0.1, 0.15) is 65.2 Å². The van der Waals surface area contributed by atoms with Crippen molar-refractivity contribution in [3.63, 3.8) is 0 Å². The molecule has 0 aliphatic heterocycles. The fourth-order valence-electron chi connectivity index (χ4n) is 5.25. The Kier molecular flexibility index (Phi) is 3.16. The minimum absolute atomic E-state index is 0.0708. The molecule has 3 rings (SSSR count). The van der Waals surface area contributed by atoms with Gasteiger partial charge in [-0.1, -0.05) is 19.8 Å². The van der Waals surface area contributed by atoms with E-state index in [-0.39, 0.29) is 17.5 Å². The first-order chi connectivity index (χ1) is 8.96. The molecule has 0 saturated heterocycles. The van der Waals surface area contributed by atoms with Crippen LogP contribution in [0.25, 0.3) is 0 Å². The molecule has 0 heterocycles. The molecule has 108 valence electrons. The average molecular weight is 266 g/mol. The zero-order chi connectivity index (χ0) is 13.7. The molecule has 0 radical (unpaired) electrons. The molecule has 1 N–H and O–H groups in total. The highest BCUT2D eigenvalue weighted by Gasteiger charge is 2.59. The molecule has 3 aliphatic rings. The number of carbonyl (C=O) groups excluding carboxylic acids is 1. The van der Waals surface area contributed by atoms with E-state index in [1.165, 1.54) is 19.8 Å². The first-order valence-corrected chi connectivity index (χ1v) is 7.85. The molecule has 0 amide bonds. The van der Waals surface area contributed by atoms with Gasteiger partial charge in [-0.2, -0.15) is 0 Å². The number of hydrogen-bond donors (Lipinski definition) is 1. The largest absolute Gasteiger partial charge is 0.462 e. The van der Waals surface area contributed by atoms with Gasteiger partial charge in [-0.25, -0.2) is 0 Å². The molecule has 0 aromatic heterocycles. The van der Waals surface area contributed by atoms with Crippen LogP contribution in [-0.4, -0.2) is 22.8 Å². The first kappa shape index (κ1) is 13.4. The van der Waals surface area contributed by atoms with Gasteiger partial charge in [0.2, 0.25) is 0 Å². The van der Waals surface area contributed by atoms with E-state index < -0.39 is 5.60 Å². The average Bonchev–Trinajstić information content (AvgIpc) is 2.66. The van der Waals surface area contributed by atoms with Gasteiger partial charge in [0.25, 0.3) is 0 Å². The van der Waals surface area contributed by atoms with Gasteiger partial charge in [0, 0.05) is 12.3 Å². The lowest BCUT2D eigenvalue weighted by atomic mass is 9.54. The van der Waals surface area contributed by atoms with Gasteiger partial charge in [-0.3, -0.25) is 4.79 Å². The van der Waals surface area contributed by atoms with Gasteiger partial charge in [0.05, 0.1) is 5.60 Å². The third-order valence-corrected chi connectivity index (χ3v) is 6.28. The van der Waals surface area contributed by atoms with Gasteiger partial charge in [0.1, 0.15) is 6.10 Å². The monoisotopic (exact) mass is 266 g/mol. The van der Waals surface area contributed by atoms with E-state index in [1.807, 2.05) is 0 Å². The van der Waals surface area contributed by atoms with Crippen molar-refractivity contribution in [1.82, 2.24) is 0 Å². The summed E-state index contributed by atoms with van der Waals surface area (Å²) >= 11 is 0. The Balaban J connectivity index is 1.84. The molecular weight excluding hydrogens is 240 g/mol. The third kappa shape index (κ3) is 2.01. The molecule has 3 saturated carbocycles. The van der Waals surface area contributed by atoms with Crippen LogP contribution in [0.3, 0.4) is 0 Å². The second-order valence-electron chi connectivity index (χ2n) is 7.24. The molecule has 0 bridgehead atoms. The summed E-state index contributed by atoms with van der Waals surface area (Å²) in [6, 6.07) is 0. The van der Waals surface area contributed by atoms with E-state index in [2.05, 4.69) is 6.92 Å². The minimum Gasteiger partial charge on any atom is -0.462 e. The quantitative estimate of drug-likeness (QED) is 0.742. The fourth-order valence-corrected chi connectivity index (χ4v) is 5.25. The van der Waals surface area contributed by atoms with Gasteiger partial charge in [0.15, 0.2) is 0 Å². The maximum Gasteiger partial charge on any atom is 0.302 e. The maximum atomic E-state index is 11.3. The van der Waals surface area contributed by atoms with Crippen LogP contribution in [0.15, 0.2) is 0 Å². The van der Waals surface area contributed by atoms with Crippen molar-refractivity contribution in [2.24, 2.45) is 17.3 Å². The van der Waals surface area contributed by atoms with Gasteiger partial charge < -0.3 is 9.84 Å². The summed E-state index contributed by atoms with van der Waals surface area (Å²) in [7, 11) is 0. The van der Waals surface area contributed by atoms with E-state index in [0.29, 0.717) is 11.8 Å². The van der Waals surface area contributed by atoms with Crippen molar-refractivity contribution < 1.29 is 14.6 Å². The van der Waals surface area contributed by atoms with Gasteiger partial charge in [-0.15, -0.1) is 0 Å². The Labute approximate surface area is 115 Å². The van der Waals surface area contributed by atoms with Crippen molar-refractivity contribution >= 4 is 5.97 Å². The first-order valence-electron chi connectivity index (χ1n) is 7.85. The summed E-state index contributed by atoms with van der Waals surface area (Å²) in [5.41, 5.74) is -0.326. The number of hydrogen-bond acceptors (Lipinski definition) is 3. The molecular formula is C16H26O3. The minimum atomic E-state index is -0.423. The summed E-state index contributed by atoms with van der Waals surface area (Å²) in [6.45, 7) is 3.79. The van der Waals surface area contributed by atoms with E-state index in [4.69, 9.17) is 4.74 Å². The zero-order valence-corrected chi connectivity index (χ0v) is 12.2. The van der Waals surface area contributed by atoms with Crippen molar-refractivity contribution in [2.45, 2.75) is 76.9 Å². The summed E-state index contributed by atoms with van der Waals surface area (Å²) in [5.74, 6) is 0.813. The maximum absolute atomic E-state index is 11.3. The fraction of sp³-hybridized carbons (Fsp3) is 0.938. The SMILES string of the molecule is CC(=O)OC1CCC2C3CCCCC3(O)CCC12C. The second kappa shape index (κ2) is 4.47. The van der Waals surface area contributed by atoms with Gasteiger partial charge in [-0.05, 0) is 50.4 Å². The Bertz CT molecular complexity index is 380. The molecule has 3 fully saturated rings. The molecule has 3 heteroatoms. The predicted octanol–water partition coefficient (Wildman–Crippen LogP) is 3.05. The molecule has 3 nitrogen and oxygen atoms in total. The van der Waals surface area contributed by atoms with E-state index in [9.17, 15) is 9.90 Å². The number of rotatable bonds is 1. The predicted molar refractivity (Wildman–Crippen MR) is 72.5 cm³/mol. The normalized spacial score (nSPS) is 49.3. The van der Waals surface area contributed by atoms with Crippen LogP contribution in [-0.2, 0) is 9.53 Å². The summed E-state index contributed by atoms with van der Waals surface area (Å²) in [6.07, 6.45) is 8.61. The number of carbonyl (C=O) groups is 1. The van der Waals surface area contributed by atoms with Crippen LogP contribution in [0.2, 0.25) is 0 Å². The molecule has 0 aromatic carbocycles. The highest BCUT2D eigenvalue weighted by atomic mass is 16.5. The lowest BCUT2D eigenvalue weighted by Gasteiger charge is -2.54. The Morgan fingerprint density at radius 1 is 1.11 bits per heavy atom. The summed E-state index contributed by atoms with van der Waals surface area (Å²) in [5, 5.41) is 10.9. The smallest absolute Gasteiger partial charge is 0.302 e. The number of esters is 1. The number of aliphatic hydroxyl groups is 1. The van der Waals surface area contributed by atoms with Crippen molar-refractivity contribution in [3.8, 4) is 0 Å². The van der Waals surface area contributed by atoms with E-state index in [0.717, 1.165) is 38.5 Å². The molecule has 0 aromatic rings. The van der Waals surface area contributed by atoms with Crippen LogP contribution in [0.5, 0.6) is 0 Å². The van der Waals surface area contributed by atoms with E-state index >= 15 is 0 Å². The van der Waals surface area contributed by atoms with Crippen LogP contribution in [0.4, 0.5) is 0 Å². The standard InChI is InChI=1S/C16H26O3/c1-11(17)19-14-7-6-12-13-5-3-4-8-16(13,18)10-9-15(12,14)2/h12-14,18H,3-10H2,1-2H3. The van der Waals surface area contributed by atoms with Crippen LogP contribution < -0.4 is 0 Å². The number of fused-ring (bicyclic) bond motifs is 3. The second-order valence-corrected chi connectivity index (χ2v) is 7.24. The van der Waals surface area contributed by atoms with Crippen molar-refractivity contribution in [2.75, 3.05) is 0 Å². The topological polar surface area (TPSA) is 46.5 Å². The number of ether oxygens (including phenoxy) is 1. The molecule has 3 aliphatic carbocycles. The molecule has 5 unspecified atom stereocenters. The van der Waals surface area contributed by atoms with Crippen molar-refractivity contribution in [1.29, 1.82) is 0 Å². The third-order valence-electron chi connectivity index (χ3n) is 6.28. The summed E-state index contributed by atoms with van der Waals surface area (Å²) in [4.78, 5) is 11.3. The summed E-state index contributed by atoms with van der Waals surface area (Å²) < 4.78 is 5.58. The van der Waals surface area contributed by atoms with Crippen LogP contribution in [0, 0.1) is 17.3 Å². The molecule has 0 spiro atoms. The highest BCUT2D eigenvalue weighted by molar-refractivity contribution is 5.66. The Hall–Kier alpha value is -0.570. The highest BCUT2D eigenvalue weighted by Crippen LogP contribution is 2.61.